The van der Waals surface area contributed by atoms with Crippen LogP contribution in [0.15, 0.2) is 36.9 Å². The molecule has 0 aliphatic rings. The molecule has 0 spiro atoms. The van der Waals surface area contributed by atoms with Crippen LogP contribution in [-0.4, -0.2) is 17.9 Å². The zero-order valence-electron chi connectivity index (χ0n) is 11.8. The van der Waals surface area contributed by atoms with Crippen molar-refractivity contribution in [1.82, 2.24) is 0 Å². The zero-order valence-corrected chi connectivity index (χ0v) is 11.8. The van der Waals surface area contributed by atoms with Gasteiger partial charge in [0.1, 0.15) is 5.75 Å². The van der Waals surface area contributed by atoms with Crippen molar-refractivity contribution in [3.05, 3.63) is 42.5 Å². The van der Waals surface area contributed by atoms with Gasteiger partial charge in [0.2, 0.25) is 0 Å². The highest BCUT2D eigenvalue weighted by Gasteiger charge is 2.11. The number of ketones is 1. The first-order valence-electron chi connectivity index (χ1n) is 6.59. The van der Waals surface area contributed by atoms with Crippen LogP contribution in [0, 0.1) is 0 Å². The minimum atomic E-state index is 0. The van der Waals surface area contributed by atoms with Gasteiger partial charge in [-0.25, -0.2) is 0 Å². The quantitative estimate of drug-likeness (QED) is 0.676. The second-order valence-corrected chi connectivity index (χ2v) is 4.32. The average Bonchev–Trinajstić information content (AvgIpc) is 2.40. The van der Waals surface area contributed by atoms with E-state index in [-0.39, 0.29) is 11.3 Å². The van der Waals surface area contributed by atoms with Crippen LogP contribution in [0.2, 0.25) is 0 Å². The fourth-order valence-corrected chi connectivity index (χ4v) is 2.05. The third-order valence-electron chi connectivity index (χ3n) is 3.10. The highest BCUT2D eigenvalue weighted by molar-refractivity contribution is 5.89. The minimum Gasteiger partial charge on any atom is -0.494 e. The minimum absolute atomic E-state index is 0. The fourth-order valence-electron chi connectivity index (χ4n) is 2.05. The summed E-state index contributed by atoms with van der Waals surface area (Å²) in [7, 11) is 0. The molecule has 0 amide bonds. The normalized spacial score (nSPS) is 11.3. The number of hydrogen-bond acceptors (Lipinski definition) is 2. The van der Waals surface area contributed by atoms with Crippen LogP contribution >= 0.6 is 0 Å². The Hall–Kier alpha value is -1.61. The molecular weight excluding hydrogens is 240 g/mol. The summed E-state index contributed by atoms with van der Waals surface area (Å²) in [5.41, 5.74) is 1.25. The summed E-state index contributed by atoms with van der Waals surface area (Å²) < 4.78 is 5.50. The van der Waals surface area contributed by atoms with E-state index in [4.69, 9.17) is 4.74 Å². The van der Waals surface area contributed by atoms with Crippen molar-refractivity contribution in [3.63, 3.8) is 0 Å². The van der Waals surface area contributed by atoms with E-state index in [0.29, 0.717) is 18.9 Å². The summed E-state index contributed by atoms with van der Waals surface area (Å²) in [5, 5.41) is 0. The van der Waals surface area contributed by atoms with Gasteiger partial charge in [-0.15, -0.1) is 0 Å². The van der Waals surface area contributed by atoms with E-state index in [1.807, 2.05) is 19.1 Å². The van der Waals surface area contributed by atoms with Crippen molar-refractivity contribution >= 4 is 5.78 Å². The Morgan fingerprint density at radius 2 is 2.16 bits per heavy atom. The highest BCUT2D eigenvalue weighted by Crippen LogP contribution is 2.27. The smallest absolute Gasteiger partial charge is 0.155 e. The Kier molecular flexibility index (Phi) is 8.55. The monoisotopic (exact) mass is 264 g/mol. The van der Waals surface area contributed by atoms with Crippen molar-refractivity contribution in [2.45, 2.75) is 39.0 Å². The first-order valence-corrected chi connectivity index (χ1v) is 6.59. The van der Waals surface area contributed by atoms with E-state index >= 15 is 0 Å². The number of ether oxygens (including phenoxy) is 1. The van der Waals surface area contributed by atoms with Gasteiger partial charge >= 0.3 is 0 Å². The lowest BCUT2D eigenvalue weighted by molar-refractivity contribution is -0.114. The Morgan fingerprint density at radius 1 is 1.42 bits per heavy atom. The lowest BCUT2D eigenvalue weighted by Gasteiger charge is -2.15. The van der Waals surface area contributed by atoms with Gasteiger partial charge in [-0.3, -0.25) is 4.79 Å². The molecule has 0 bridgehead atoms. The van der Waals surface area contributed by atoms with E-state index in [0.717, 1.165) is 18.6 Å². The predicted octanol–water partition coefficient (Wildman–Crippen LogP) is 3.29. The van der Waals surface area contributed by atoms with Gasteiger partial charge in [0, 0.05) is 6.42 Å². The number of allylic oxidation sites excluding steroid dienone is 1. The molecule has 2 N–H and O–H groups in total. The molecule has 106 valence electrons. The second kappa shape index (κ2) is 9.34. The van der Waals surface area contributed by atoms with Crippen LogP contribution in [0.4, 0.5) is 0 Å². The third kappa shape index (κ3) is 5.71. The zero-order chi connectivity index (χ0) is 13.4. The van der Waals surface area contributed by atoms with Gasteiger partial charge in [0.25, 0.3) is 0 Å². The molecule has 0 fully saturated rings. The average molecular weight is 264 g/mol. The number of carbonyl (C=O) groups excluding carboxylic acids is 1. The summed E-state index contributed by atoms with van der Waals surface area (Å²) in [5.74, 6) is 1.44. The molecule has 0 saturated carbocycles. The lowest BCUT2D eigenvalue weighted by Crippen LogP contribution is -2.02. The Bertz CT molecular complexity index is 399. The van der Waals surface area contributed by atoms with E-state index in [9.17, 15) is 4.79 Å². The van der Waals surface area contributed by atoms with E-state index < -0.39 is 0 Å². The van der Waals surface area contributed by atoms with Crippen molar-refractivity contribution in [1.29, 1.82) is 0 Å². The number of rotatable bonds is 8. The maximum atomic E-state index is 11.3. The van der Waals surface area contributed by atoms with E-state index in [2.05, 4.69) is 25.6 Å². The Morgan fingerprint density at radius 3 is 2.74 bits per heavy atom. The van der Waals surface area contributed by atoms with E-state index in [1.165, 1.54) is 11.6 Å². The maximum absolute atomic E-state index is 11.3. The van der Waals surface area contributed by atoms with Crippen LogP contribution in [0.3, 0.4) is 0 Å². The molecule has 0 heterocycles. The molecule has 1 aromatic rings. The topological polar surface area (TPSA) is 57.8 Å². The number of benzene rings is 1. The van der Waals surface area contributed by atoms with Crippen molar-refractivity contribution in [2.75, 3.05) is 6.61 Å². The summed E-state index contributed by atoms with van der Waals surface area (Å²) >= 11 is 0. The second-order valence-electron chi connectivity index (χ2n) is 4.32. The lowest BCUT2D eigenvalue weighted by atomic mass is 9.91. The molecule has 1 rings (SSSR count). The van der Waals surface area contributed by atoms with Crippen molar-refractivity contribution < 1.29 is 15.0 Å². The van der Waals surface area contributed by atoms with Gasteiger partial charge in [-0.1, -0.05) is 25.6 Å². The Labute approximate surface area is 115 Å². The van der Waals surface area contributed by atoms with Gasteiger partial charge in [0.05, 0.1) is 6.61 Å². The molecule has 1 atom stereocenters. The standard InChI is InChI=1S/C16H22O2.H2O/c1-4-13(10-11-15(17)5-2)14-8-7-9-16(12-14)18-6-3;/h5,7-9,12-13H,2,4,6,10-11H2,1,3H3;1H2. The van der Waals surface area contributed by atoms with Gasteiger partial charge in [0.15, 0.2) is 5.78 Å². The molecular formula is C16H24O3. The largest absolute Gasteiger partial charge is 0.494 e. The maximum Gasteiger partial charge on any atom is 0.155 e. The number of carbonyl (C=O) groups is 1. The van der Waals surface area contributed by atoms with Crippen LogP contribution in [0.5, 0.6) is 5.75 Å². The van der Waals surface area contributed by atoms with Crippen LogP contribution in [-0.2, 0) is 4.79 Å². The molecule has 1 unspecified atom stereocenters. The van der Waals surface area contributed by atoms with Gasteiger partial charge < -0.3 is 10.2 Å². The molecule has 3 heteroatoms. The third-order valence-corrected chi connectivity index (χ3v) is 3.10. The van der Waals surface area contributed by atoms with Crippen LogP contribution < -0.4 is 4.74 Å². The molecule has 0 aliphatic heterocycles. The van der Waals surface area contributed by atoms with Crippen molar-refractivity contribution in [3.8, 4) is 5.75 Å². The summed E-state index contributed by atoms with van der Waals surface area (Å²) in [6.45, 7) is 8.31. The SMILES string of the molecule is C=CC(=O)CCC(CC)c1cccc(OCC)c1.O. The van der Waals surface area contributed by atoms with Gasteiger partial charge in [-0.05, 0) is 49.5 Å². The molecule has 0 saturated heterocycles. The fraction of sp³-hybridized carbons (Fsp3) is 0.438. The molecule has 0 aromatic heterocycles. The first kappa shape index (κ1) is 17.4. The molecule has 0 radical (unpaired) electrons. The molecule has 1 aromatic carbocycles. The Balaban J connectivity index is 0.00000324. The van der Waals surface area contributed by atoms with Crippen LogP contribution in [0.1, 0.15) is 44.6 Å². The first-order chi connectivity index (χ1) is 8.71. The number of hydrogen-bond donors (Lipinski definition) is 0. The molecule has 19 heavy (non-hydrogen) atoms. The predicted molar refractivity (Wildman–Crippen MR) is 78.7 cm³/mol. The highest BCUT2D eigenvalue weighted by atomic mass is 16.5. The summed E-state index contributed by atoms with van der Waals surface area (Å²) in [6, 6.07) is 8.16. The summed E-state index contributed by atoms with van der Waals surface area (Å²) in [6.07, 6.45) is 3.88. The van der Waals surface area contributed by atoms with Crippen LogP contribution in [0.25, 0.3) is 0 Å². The van der Waals surface area contributed by atoms with Gasteiger partial charge in [-0.2, -0.15) is 0 Å². The van der Waals surface area contributed by atoms with E-state index in [1.54, 1.807) is 0 Å². The molecule has 0 aliphatic carbocycles. The summed E-state index contributed by atoms with van der Waals surface area (Å²) in [4.78, 5) is 11.3. The molecule has 3 nitrogen and oxygen atoms in total. The van der Waals surface area contributed by atoms with Crippen molar-refractivity contribution in [2.24, 2.45) is 0 Å².